The van der Waals surface area contributed by atoms with E-state index in [0.29, 0.717) is 5.92 Å². The molecule has 0 saturated heterocycles. The minimum atomic E-state index is 0.166. The van der Waals surface area contributed by atoms with Crippen molar-refractivity contribution in [2.24, 2.45) is 5.73 Å². The summed E-state index contributed by atoms with van der Waals surface area (Å²) < 4.78 is 5.95. The molecule has 0 amide bonds. The van der Waals surface area contributed by atoms with E-state index in [-0.39, 0.29) is 11.5 Å². The van der Waals surface area contributed by atoms with Crippen LogP contribution in [0, 0.1) is 0 Å². The second-order valence-electron chi connectivity index (χ2n) is 7.31. The molecule has 0 spiro atoms. The van der Waals surface area contributed by atoms with Gasteiger partial charge in [0, 0.05) is 6.04 Å². The van der Waals surface area contributed by atoms with E-state index >= 15 is 0 Å². The Labute approximate surface area is 131 Å². The summed E-state index contributed by atoms with van der Waals surface area (Å²) in [6.07, 6.45) is 3.19. The van der Waals surface area contributed by atoms with Gasteiger partial charge >= 0.3 is 0 Å². The zero-order chi connectivity index (χ0) is 16.0. The maximum absolute atomic E-state index is 5.95. The molecule has 2 unspecified atom stereocenters. The Balaban J connectivity index is 3.03. The van der Waals surface area contributed by atoms with Crippen molar-refractivity contribution < 1.29 is 4.74 Å². The van der Waals surface area contributed by atoms with Gasteiger partial charge in [-0.05, 0) is 54.7 Å². The summed E-state index contributed by atoms with van der Waals surface area (Å²) in [6, 6.07) is 6.94. The third-order valence-electron chi connectivity index (χ3n) is 3.92. The maximum Gasteiger partial charge on any atom is 0.122 e. The molecule has 1 rings (SSSR count). The molecule has 0 aliphatic rings. The van der Waals surface area contributed by atoms with Gasteiger partial charge in [-0.2, -0.15) is 0 Å². The summed E-state index contributed by atoms with van der Waals surface area (Å²) in [4.78, 5) is 0. The fraction of sp³-hybridized carbons (Fsp3) is 0.684. The van der Waals surface area contributed by atoms with Crippen LogP contribution in [0.4, 0.5) is 0 Å². The van der Waals surface area contributed by atoms with Crippen LogP contribution in [0.3, 0.4) is 0 Å². The van der Waals surface area contributed by atoms with Gasteiger partial charge in [-0.25, -0.2) is 0 Å². The monoisotopic (exact) mass is 291 g/mol. The minimum Gasteiger partial charge on any atom is -0.493 e. The summed E-state index contributed by atoms with van der Waals surface area (Å²) >= 11 is 0. The average Bonchev–Trinajstić information content (AvgIpc) is 2.41. The van der Waals surface area contributed by atoms with Crippen LogP contribution in [0.1, 0.15) is 77.8 Å². The molecule has 21 heavy (non-hydrogen) atoms. The Bertz CT molecular complexity index is 432. The summed E-state index contributed by atoms with van der Waals surface area (Å²) in [5, 5.41) is 0. The quantitative estimate of drug-likeness (QED) is 0.767. The van der Waals surface area contributed by atoms with Crippen LogP contribution < -0.4 is 10.5 Å². The first-order valence-corrected chi connectivity index (χ1v) is 8.28. The minimum absolute atomic E-state index is 0.166. The second kappa shape index (κ2) is 7.84. The summed E-state index contributed by atoms with van der Waals surface area (Å²) in [5.41, 5.74) is 8.77. The van der Waals surface area contributed by atoms with Crippen LogP contribution in [-0.2, 0) is 5.41 Å². The fourth-order valence-electron chi connectivity index (χ4n) is 2.41. The number of hydrogen-bond donors (Lipinski definition) is 1. The van der Waals surface area contributed by atoms with Crippen molar-refractivity contribution in [2.45, 2.75) is 78.2 Å². The van der Waals surface area contributed by atoms with Crippen LogP contribution in [0.15, 0.2) is 18.2 Å². The molecule has 0 saturated carbocycles. The van der Waals surface area contributed by atoms with Crippen LogP contribution in [0.5, 0.6) is 5.75 Å². The summed E-state index contributed by atoms with van der Waals surface area (Å²) in [7, 11) is 0. The van der Waals surface area contributed by atoms with E-state index < -0.39 is 0 Å². The molecule has 0 aliphatic carbocycles. The Morgan fingerprint density at radius 1 is 1.14 bits per heavy atom. The highest BCUT2D eigenvalue weighted by Gasteiger charge is 2.19. The third-order valence-corrected chi connectivity index (χ3v) is 3.92. The number of hydrogen-bond acceptors (Lipinski definition) is 2. The molecule has 2 N–H and O–H groups in total. The van der Waals surface area contributed by atoms with Crippen molar-refractivity contribution >= 4 is 0 Å². The van der Waals surface area contributed by atoms with Crippen molar-refractivity contribution in [3.63, 3.8) is 0 Å². The van der Waals surface area contributed by atoms with Gasteiger partial charge in [0.25, 0.3) is 0 Å². The van der Waals surface area contributed by atoms with E-state index in [0.717, 1.165) is 31.6 Å². The molecule has 0 fully saturated rings. The largest absolute Gasteiger partial charge is 0.493 e. The predicted molar refractivity (Wildman–Crippen MR) is 92.2 cm³/mol. The Hall–Kier alpha value is -1.02. The standard InChI is InChI=1S/C19H33NO/c1-7-12-21-18-11-10-16(19(4,5)6)13-17(18)14(2)8-9-15(3)20/h10-11,13-15H,7-9,12,20H2,1-6H3. The summed E-state index contributed by atoms with van der Waals surface area (Å²) in [5.74, 6) is 1.52. The Morgan fingerprint density at radius 2 is 1.81 bits per heavy atom. The van der Waals surface area contributed by atoms with Crippen LogP contribution in [0.2, 0.25) is 0 Å². The van der Waals surface area contributed by atoms with Crippen LogP contribution in [0.25, 0.3) is 0 Å². The first kappa shape index (κ1) is 18.0. The van der Waals surface area contributed by atoms with Crippen molar-refractivity contribution in [1.29, 1.82) is 0 Å². The molecule has 2 atom stereocenters. The zero-order valence-electron chi connectivity index (χ0n) is 14.7. The van der Waals surface area contributed by atoms with E-state index in [1.807, 2.05) is 0 Å². The molecular weight excluding hydrogens is 258 g/mol. The fourth-order valence-corrected chi connectivity index (χ4v) is 2.41. The smallest absolute Gasteiger partial charge is 0.122 e. The van der Waals surface area contributed by atoms with Crippen molar-refractivity contribution in [2.75, 3.05) is 6.61 Å². The number of ether oxygens (including phenoxy) is 1. The average molecular weight is 291 g/mol. The molecular formula is C19H33NO. The molecule has 2 nitrogen and oxygen atoms in total. The third kappa shape index (κ3) is 5.70. The van der Waals surface area contributed by atoms with Crippen molar-refractivity contribution in [3.05, 3.63) is 29.3 Å². The SMILES string of the molecule is CCCOc1ccc(C(C)(C)C)cc1C(C)CCC(C)N. The van der Waals surface area contributed by atoms with Crippen molar-refractivity contribution in [3.8, 4) is 5.75 Å². The van der Waals surface area contributed by atoms with Gasteiger partial charge in [-0.3, -0.25) is 0 Å². The van der Waals surface area contributed by atoms with Crippen molar-refractivity contribution in [1.82, 2.24) is 0 Å². The first-order chi connectivity index (χ1) is 9.75. The predicted octanol–water partition coefficient (Wildman–Crippen LogP) is 5.00. The maximum atomic E-state index is 5.95. The lowest BCUT2D eigenvalue weighted by molar-refractivity contribution is 0.311. The van der Waals surface area contributed by atoms with Crippen LogP contribution in [-0.4, -0.2) is 12.6 Å². The van der Waals surface area contributed by atoms with Gasteiger partial charge in [0.15, 0.2) is 0 Å². The Morgan fingerprint density at radius 3 is 2.33 bits per heavy atom. The van der Waals surface area contributed by atoms with Crippen LogP contribution >= 0.6 is 0 Å². The lowest BCUT2D eigenvalue weighted by Gasteiger charge is -2.24. The van der Waals surface area contributed by atoms with Gasteiger partial charge in [-0.1, -0.05) is 46.8 Å². The van der Waals surface area contributed by atoms with E-state index in [9.17, 15) is 0 Å². The van der Waals surface area contributed by atoms with E-state index in [1.54, 1.807) is 0 Å². The zero-order valence-corrected chi connectivity index (χ0v) is 14.7. The van der Waals surface area contributed by atoms with Gasteiger partial charge in [0.1, 0.15) is 5.75 Å². The Kier molecular flexibility index (Phi) is 6.73. The molecule has 1 aromatic carbocycles. The van der Waals surface area contributed by atoms with Gasteiger partial charge in [0.2, 0.25) is 0 Å². The second-order valence-corrected chi connectivity index (χ2v) is 7.31. The highest BCUT2D eigenvalue weighted by atomic mass is 16.5. The van der Waals surface area contributed by atoms with Gasteiger partial charge < -0.3 is 10.5 Å². The highest BCUT2D eigenvalue weighted by molar-refractivity contribution is 5.41. The molecule has 0 bridgehead atoms. The number of benzene rings is 1. The molecule has 1 aromatic rings. The molecule has 0 aromatic heterocycles. The van der Waals surface area contributed by atoms with Gasteiger partial charge in [0.05, 0.1) is 6.61 Å². The van der Waals surface area contributed by atoms with E-state index in [1.165, 1.54) is 11.1 Å². The molecule has 0 aliphatic heterocycles. The highest BCUT2D eigenvalue weighted by Crippen LogP contribution is 2.34. The van der Waals surface area contributed by atoms with Gasteiger partial charge in [-0.15, -0.1) is 0 Å². The topological polar surface area (TPSA) is 35.2 Å². The number of rotatable bonds is 7. The van der Waals surface area contributed by atoms with E-state index in [2.05, 4.69) is 59.7 Å². The number of nitrogens with two attached hydrogens (primary N) is 1. The molecule has 0 heterocycles. The first-order valence-electron chi connectivity index (χ1n) is 8.28. The summed E-state index contributed by atoms with van der Waals surface area (Å²) in [6.45, 7) is 14.0. The molecule has 0 radical (unpaired) electrons. The molecule has 120 valence electrons. The normalized spacial score (nSPS) is 14.8. The van der Waals surface area contributed by atoms with E-state index in [4.69, 9.17) is 10.5 Å². The lowest BCUT2D eigenvalue weighted by Crippen LogP contribution is -2.16. The molecule has 2 heteroatoms. The lowest BCUT2D eigenvalue weighted by atomic mass is 9.83.